The molecule has 2 aromatic carbocycles. The van der Waals surface area contributed by atoms with Crippen LogP contribution in [0.2, 0.25) is 0 Å². The molecular formula is C22H26FNO. The Hall–Kier alpha value is -2.42. The predicted octanol–water partition coefficient (Wildman–Crippen LogP) is 5.48. The minimum atomic E-state index is -0.312. The van der Waals surface area contributed by atoms with Crippen molar-refractivity contribution in [2.24, 2.45) is 5.92 Å². The molecule has 2 aromatic rings. The number of hydrogen-bond donors (Lipinski definition) is 1. The van der Waals surface area contributed by atoms with Crippen molar-refractivity contribution in [2.75, 3.05) is 0 Å². The zero-order valence-corrected chi connectivity index (χ0v) is 15.3. The Bertz CT molecular complexity index is 732. The van der Waals surface area contributed by atoms with Crippen LogP contribution in [0.25, 0.3) is 6.08 Å². The van der Waals surface area contributed by atoms with Gasteiger partial charge in [-0.3, -0.25) is 4.79 Å². The summed E-state index contributed by atoms with van der Waals surface area (Å²) in [6, 6.07) is 14.5. The zero-order valence-electron chi connectivity index (χ0n) is 15.3. The fourth-order valence-corrected chi connectivity index (χ4v) is 2.71. The molecule has 0 heterocycles. The lowest BCUT2D eigenvalue weighted by Gasteiger charge is -2.23. The summed E-state index contributed by atoms with van der Waals surface area (Å²) in [6.07, 6.45) is 3.07. The summed E-state index contributed by atoms with van der Waals surface area (Å²) in [5, 5.41) is 3.05. The van der Waals surface area contributed by atoms with Crippen molar-refractivity contribution in [3.05, 3.63) is 77.1 Å². The molecule has 25 heavy (non-hydrogen) atoms. The van der Waals surface area contributed by atoms with E-state index >= 15 is 0 Å². The quantitative estimate of drug-likeness (QED) is 0.694. The number of carbonyl (C=O) groups excluding carboxylic acids is 1. The number of rotatable bonds is 6. The van der Waals surface area contributed by atoms with E-state index in [1.807, 2.05) is 0 Å². The van der Waals surface area contributed by atoms with Crippen LogP contribution in [-0.2, 0) is 4.79 Å². The van der Waals surface area contributed by atoms with Gasteiger partial charge < -0.3 is 5.32 Å². The van der Waals surface area contributed by atoms with Crippen molar-refractivity contribution in [2.45, 2.75) is 39.7 Å². The van der Waals surface area contributed by atoms with Gasteiger partial charge in [-0.1, -0.05) is 64.1 Å². The number of hydrogen-bond acceptors (Lipinski definition) is 1. The van der Waals surface area contributed by atoms with E-state index in [0.717, 1.165) is 5.56 Å². The third kappa shape index (κ3) is 5.56. The van der Waals surface area contributed by atoms with E-state index in [0.29, 0.717) is 11.5 Å². The lowest BCUT2D eigenvalue weighted by atomic mass is 9.93. The van der Waals surface area contributed by atoms with Crippen LogP contribution in [0.1, 0.15) is 56.3 Å². The molecular weight excluding hydrogens is 313 g/mol. The Morgan fingerprint density at radius 2 is 1.64 bits per heavy atom. The van der Waals surface area contributed by atoms with Crippen molar-refractivity contribution in [3.63, 3.8) is 0 Å². The first-order valence-electron chi connectivity index (χ1n) is 8.71. The van der Waals surface area contributed by atoms with E-state index in [2.05, 4.69) is 57.3 Å². The van der Waals surface area contributed by atoms with Crippen LogP contribution in [-0.4, -0.2) is 5.91 Å². The fourth-order valence-electron chi connectivity index (χ4n) is 2.71. The maximum absolute atomic E-state index is 13.2. The van der Waals surface area contributed by atoms with Crippen molar-refractivity contribution in [3.8, 4) is 0 Å². The van der Waals surface area contributed by atoms with Crippen molar-refractivity contribution < 1.29 is 9.18 Å². The molecule has 0 radical (unpaired) electrons. The highest BCUT2D eigenvalue weighted by Crippen LogP contribution is 2.24. The minimum Gasteiger partial charge on any atom is -0.345 e. The van der Waals surface area contributed by atoms with Gasteiger partial charge >= 0.3 is 0 Å². The van der Waals surface area contributed by atoms with E-state index in [-0.39, 0.29) is 23.7 Å². The monoisotopic (exact) mass is 339 g/mol. The lowest BCUT2D eigenvalue weighted by Crippen LogP contribution is -2.30. The molecule has 2 nitrogen and oxygen atoms in total. The zero-order chi connectivity index (χ0) is 18.4. The average Bonchev–Trinajstić information content (AvgIpc) is 2.58. The van der Waals surface area contributed by atoms with Gasteiger partial charge in [0.2, 0.25) is 5.91 Å². The second-order valence-corrected chi connectivity index (χ2v) is 6.94. The second kappa shape index (κ2) is 8.61. The van der Waals surface area contributed by atoms with Crippen molar-refractivity contribution in [1.82, 2.24) is 5.32 Å². The van der Waals surface area contributed by atoms with Crippen LogP contribution < -0.4 is 5.32 Å². The molecule has 0 aromatic heterocycles. The first kappa shape index (κ1) is 18.9. The van der Waals surface area contributed by atoms with Crippen LogP contribution in [0, 0.1) is 11.7 Å². The Morgan fingerprint density at radius 1 is 1.00 bits per heavy atom. The minimum absolute atomic E-state index is 0.0640. The van der Waals surface area contributed by atoms with Crippen LogP contribution in [0.3, 0.4) is 0 Å². The maximum atomic E-state index is 13.2. The summed E-state index contributed by atoms with van der Waals surface area (Å²) < 4.78 is 13.2. The molecule has 0 bridgehead atoms. The van der Waals surface area contributed by atoms with Crippen LogP contribution >= 0.6 is 0 Å². The summed E-state index contributed by atoms with van der Waals surface area (Å²) in [6.45, 7) is 8.48. The molecule has 1 atom stereocenters. The molecule has 1 amide bonds. The lowest BCUT2D eigenvalue weighted by molar-refractivity contribution is -0.117. The maximum Gasteiger partial charge on any atom is 0.244 e. The molecule has 0 unspecified atom stereocenters. The molecule has 1 N–H and O–H groups in total. The molecule has 0 fully saturated rings. The molecule has 3 heteroatoms. The average molecular weight is 339 g/mol. The molecule has 0 aliphatic heterocycles. The third-order valence-corrected chi connectivity index (χ3v) is 4.20. The number of amides is 1. The largest absolute Gasteiger partial charge is 0.345 e. The Labute approximate surface area is 149 Å². The first-order valence-corrected chi connectivity index (χ1v) is 8.71. The van der Waals surface area contributed by atoms with Crippen LogP contribution in [0.5, 0.6) is 0 Å². The van der Waals surface area contributed by atoms with Gasteiger partial charge in [0.1, 0.15) is 5.82 Å². The normalized spacial score (nSPS) is 12.8. The third-order valence-electron chi connectivity index (χ3n) is 4.20. The molecule has 0 spiro atoms. The van der Waals surface area contributed by atoms with E-state index in [9.17, 15) is 9.18 Å². The Balaban J connectivity index is 2.09. The number of carbonyl (C=O) groups is 1. The summed E-state index contributed by atoms with van der Waals surface area (Å²) in [7, 11) is 0. The summed E-state index contributed by atoms with van der Waals surface area (Å²) in [5.74, 6) is 0.246. The number of nitrogens with one attached hydrogen (secondary N) is 1. The SMILES string of the molecule is CC(C)c1ccc([C@@H](NC(=O)/C=C/c2cccc(F)c2)C(C)C)cc1. The van der Waals surface area contributed by atoms with E-state index in [4.69, 9.17) is 0 Å². The summed E-state index contributed by atoms with van der Waals surface area (Å²) >= 11 is 0. The standard InChI is InChI=1S/C22H26FNO/c1-15(2)18-9-11-19(12-10-18)22(16(3)4)24-21(25)13-8-17-6-5-7-20(23)14-17/h5-16,22H,1-4H3,(H,24,25)/b13-8+/t22-/m0/s1. The van der Waals surface area contributed by atoms with Crippen LogP contribution in [0.4, 0.5) is 4.39 Å². The highest BCUT2D eigenvalue weighted by atomic mass is 19.1. The topological polar surface area (TPSA) is 29.1 Å². The summed E-state index contributed by atoms with van der Waals surface area (Å²) in [4.78, 5) is 12.3. The van der Waals surface area contributed by atoms with Gasteiger partial charge in [0.25, 0.3) is 0 Å². The first-order chi connectivity index (χ1) is 11.9. The van der Waals surface area contributed by atoms with Gasteiger partial charge in [0.15, 0.2) is 0 Å². The smallest absolute Gasteiger partial charge is 0.244 e. The van der Waals surface area contributed by atoms with Gasteiger partial charge in [-0.25, -0.2) is 4.39 Å². The van der Waals surface area contributed by atoms with E-state index in [1.54, 1.807) is 18.2 Å². The Kier molecular flexibility index (Phi) is 6.51. The molecule has 0 saturated heterocycles. The molecule has 2 rings (SSSR count). The fraction of sp³-hybridized carbons (Fsp3) is 0.318. The van der Waals surface area contributed by atoms with Gasteiger partial charge in [0.05, 0.1) is 6.04 Å². The van der Waals surface area contributed by atoms with Gasteiger partial charge in [-0.2, -0.15) is 0 Å². The highest BCUT2D eigenvalue weighted by molar-refractivity contribution is 5.92. The molecule has 132 valence electrons. The van der Waals surface area contributed by atoms with E-state index < -0.39 is 0 Å². The number of halogens is 1. The van der Waals surface area contributed by atoms with E-state index in [1.165, 1.54) is 23.8 Å². The number of benzene rings is 2. The highest BCUT2D eigenvalue weighted by Gasteiger charge is 2.17. The van der Waals surface area contributed by atoms with Gasteiger partial charge in [-0.05, 0) is 46.7 Å². The van der Waals surface area contributed by atoms with Gasteiger partial charge in [0, 0.05) is 6.08 Å². The Morgan fingerprint density at radius 3 is 2.20 bits per heavy atom. The van der Waals surface area contributed by atoms with Crippen molar-refractivity contribution >= 4 is 12.0 Å². The van der Waals surface area contributed by atoms with Gasteiger partial charge in [-0.15, -0.1) is 0 Å². The summed E-state index contributed by atoms with van der Waals surface area (Å²) in [5.41, 5.74) is 3.04. The second-order valence-electron chi connectivity index (χ2n) is 6.94. The molecule has 0 aliphatic carbocycles. The molecule has 0 aliphatic rings. The van der Waals surface area contributed by atoms with Crippen LogP contribution in [0.15, 0.2) is 54.6 Å². The van der Waals surface area contributed by atoms with Crippen molar-refractivity contribution in [1.29, 1.82) is 0 Å². The predicted molar refractivity (Wildman–Crippen MR) is 102 cm³/mol. The molecule has 0 saturated carbocycles.